The summed E-state index contributed by atoms with van der Waals surface area (Å²) in [6.45, 7) is 2.85. The van der Waals surface area contributed by atoms with Gasteiger partial charge in [-0.2, -0.15) is 4.31 Å². The molecule has 0 aromatic heterocycles. The Labute approximate surface area is 123 Å². The number of sulfonamides is 1. The third-order valence-corrected chi connectivity index (χ3v) is 6.55. The van der Waals surface area contributed by atoms with Gasteiger partial charge in [-0.1, -0.05) is 6.92 Å². The second-order valence-electron chi connectivity index (χ2n) is 4.88. The Kier molecular flexibility index (Phi) is 4.39. The molecule has 1 aliphatic rings. The van der Waals surface area contributed by atoms with Gasteiger partial charge in [-0.3, -0.25) is 0 Å². The van der Waals surface area contributed by atoms with E-state index in [-0.39, 0.29) is 17.5 Å². The number of likely N-dealkylation sites (N-methyl/N-ethyl adjacent to an activating group) is 1. The summed E-state index contributed by atoms with van der Waals surface area (Å²) < 4.78 is 63.3. The molecule has 0 saturated carbocycles. The molecular formula is C12H17FN2O4S2. The summed E-state index contributed by atoms with van der Waals surface area (Å²) in [5.74, 6) is -0.951. The Morgan fingerprint density at radius 1 is 1.29 bits per heavy atom. The molecule has 0 aliphatic carbocycles. The van der Waals surface area contributed by atoms with E-state index >= 15 is 0 Å². The molecule has 1 saturated heterocycles. The van der Waals surface area contributed by atoms with Gasteiger partial charge in [-0.25, -0.2) is 21.2 Å². The van der Waals surface area contributed by atoms with Gasteiger partial charge in [0.1, 0.15) is 10.7 Å². The molecule has 9 heteroatoms. The lowest BCUT2D eigenvalue weighted by Gasteiger charge is -2.36. The zero-order chi connectivity index (χ0) is 15.8. The highest BCUT2D eigenvalue weighted by Gasteiger charge is 2.35. The topological polar surface area (TPSA) is 83.6 Å². The maximum Gasteiger partial charge on any atom is 0.246 e. The van der Waals surface area contributed by atoms with Crippen molar-refractivity contribution in [2.24, 2.45) is 0 Å². The van der Waals surface area contributed by atoms with Crippen molar-refractivity contribution in [3.8, 4) is 0 Å². The van der Waals surface area contributed by atoms with E-state index in [1.165, 1.54) is 4.31 Å². The van der Waals surface area contributed by atoms with Crippen LogP contribution in [0.5, 0.6) is 0 Å². The Morgan fingerprint density at radius 2 is 1.90 bits per heavy atom. The number of rotatable bonds is 5. The second kappa shape index (κ2) is 5.64. The summed E-state index contributed by atoms with van der Waals surface area (Å²) >= 11 is 0. The van der Waals surface area contributed by atoms with Crippen molar-refractivity contribution in [3.05, 3.63) is 24.0 Å². The highest BCUT2D eigenvalue weighted by atomic mass is 32.2. The molecule has 1 N–H and O–H groups in total. The summed E-state index contributed by atoms with van der Waals surface area (Å²) in [5.41, 5.74) is 0. The fourth-order valence-electron chi connectivity index (χ4n) is 2.14. The molecule has 0 atom stereocenters. The maximum absolute atomic E-state index is 13.9. The van der Waals surface area contributed by atoms with Crippen molar-refractivity contribution in [3.63, 3.8) is 0 Å². The molecule has 1 aromatic carbocycles. The fourth-order valence-corrected chi connectivity index (χ4v) is 4.59. The van der Waals surface area contributed by atoms with E-state index in [1.807, 2.05) is 0 Å². The molecule has 0 bridgehead atoms. The first kappa shape index (κ1) is 16.3. The smallest absolute Gasteiger partial charge is 0.246 e. The van der Waals surface area contributed by atoms with E-state index in [0.717, 1.165) is 24.5 Å². The standard InChI is InChI=1S/C12H17FN2O4S2/c1-3-15(9-7-14-8-9)21(18,19)12-6-10(20(2,16)17)4-5-11(12)13/h4-6,9,14H,3,7-8H2,1-2H3. The van der Waals surface area contributed by atoms with Crippen LogP contribution in [0.2, 0.25) is 0 Å². The van der Waals surface area contributed by atoms with E-state index < -0.39 is 30.6 Å². The van der Waals surface area contributed by atoms with Crippen LogP contribution in [0.3, 0.4) is 0 Å². The van der Waals surface area contributed by atoms with E-state index in [9.17, 15) is 21.2 Å². The van der Waals surface area contributed by atoms with Crippen molar-refractivity contribution in [1.82, 2.24) is 9.62 Å². The van der Waals surface area contributed by atoms with Crippen molar-refractivity contribution in [1.29, 1.82) is 0 Å². The molecule has 6 nitrogen and oxygen atoms in total. The lowest BCUT2D eigenvalue weighted by atomic mass is 10.2. The zero-order valence-corrected chi connectivity index (χ0v) is 13.3. The van der Waals surface area contributed by atoms with Crippen molar-refractivity contribution < 1.29 is 21.2 Å². The number of nitrogens with one attached hydrogen (secondary N) is 1. The monoisotopic (exact) mass is 336 g/mol. The predicted octanol–water partition coefficient (Wildman–Crippen LogP) is 0.212. The quantitative estimate of drug-likeness (QED) is 0.777. The van der Waals surface area contributed by atoms with Gasteiger partial charge in [-0.15, -0.1) is 0 Å². The Bertz CT molecular complexity index is 743. The Morgan fingerprint density at radius 3 is 2.33 bits per heavy atom. The predicted molar refractivity (Wildman–Crippen MR) is 75.7 cm³/mol. The van der Waals surface area contributed by atoms with Crippen LogP contribution >= 0.6 is 0 Å². The highest BCUT2D eigenvalue weighted by molar-refractivity contribution is 7.91. The normalized spacial score (nSPS) is 17.0. The minimum absolute atomic E-state index is 0.192. The van der Waals surface area contributed by atoms with Gasteiger partial charge in [0, 0.05) is 25.9 Å². The van der Waals surface area contributed by atoms with Gasteiger partial charge in [0.05, 0.1) is 10.9 Å². The molecule has 1 heterocycles. The van der Waals surface area contributed by atoms with E-state index in [2.05, 4.69) is 5.32 Å². The van der Waals surface area contributed by atoms with Crippen LogP contribution in [0.15, 0.2) is 28.0 Å². The van der Waals surface area contributed by atoms with Crippen molar-refractivity contribution in [2.75, 3.05) is 25.9 Å². The second-order valence-corrected chi connectivity index (χ2v) is 8.76. The van der Waals surface area contributed by atoms with Gasteiger partial charge in [-0.05, 0) is 18.2 Å². The van der Waals surface area contributed by atoms with Gasteiger partial charge < -0.3 is 5.32 Å². The van der Waals surface area contributed by atoms with Crippen LogP contribution in [0.4, 0.5) is 4.39 Å². The first-order valence-electron chi connectivity index (χ1n) is 6.40. The van der Waals surface area contributed by atoms with Crippen LogP contribution in [0.1, 0.15) is 6.92 Å². The van der Waals surface area contributed by atoms with Gasteiger partial charge in [0.2, 0.25) is 10.0 Å². The Hall–Kier alpha value is -1.03. The largest absolute Gasteiger partial charge is 0.313 e. The number of hydrogen-bond donors (Lipinski definition) is 1. The number of benzene rings is 1. The van der Waals surface area contributed by atoms with Gasteiger partial charge >= 0.3 is 0 Å². The molecule has 1 aliphatic heterocycles. The molecular weight excluding hydrogens is 319 g/mol. The molecule has 1 fully saturated rings. The summed E-state index contributed by atoms with van der Waals surface area (Å²) in [6.07, 6.45) is 0.948. The van der Waals surface area contributed by atoms with E-state index in [1.54, 1.807) is 6.92 Å². The van der Waals surface area contributed by atoms with Crippen molar-refractivity contribution >= 4 is 19.9 Å². The number of sulfone groups is 1. The minimum atomic E-state index is -4.07. The molecule has 2 rings (SSSR count). The van der Waals surface area contributed by atoms with Gasteiger partial charge in [0.15, 0.2) is 9.84 Å². The maximum atomic E-state index is 13.9. The molecule has 0 amide bonds. The number of hydrogen-bond acceptors (Lipinski definition) is 5. The summed E-state index contributed by atoms with van der Waals surface area (Å²) in [5, 5.41) is 2.95. The van der Waals surface area contributed by atoms with Crippen LogP contribution in [0.25, 0.3) is 0 Å². The third kappa shape index (κ3) is 3.10. The molecule has 0 radical (unpaired) electrons. The molecule has 0 spiro atoms. The average molecular weight is 336 g/mol. The zero-order valence-electron chi connectivity index (χ0n) is 11.7. The van der Waals surface area contributed by atoms with E-state index in [4.69, 9.17) is 0 Å². The molecule has 21 heavy (non-hydrogen) atoms. The van der Waals surface area contributed by atoms with Gasteiger partial charge in [0.25, 0.3) is 0 Å². The Balaban J connectivity index is 2.53. The van der Waals surface area contributed by atoms with Crippen LogP contribution < -0.4 is 5.32 Å². The van der Waals surface area contributed by atoms with Crippen LogP contribution in [0, 0.1) is 5.82 Å². The average Bonchev–Trinajstić information content (AvgIpc) is 2.31. The number of halogens is 1. The molecule has 0 unspecified atom stereocenters. The first-order valence-corrected chi connectivity index (χ1v) is 9.73. The summed E-state index contributed by atoms with van der Waals surface area (Å²) in [4.78, 5) is -0.815. The minimum Gasteiger partial charge on any atom is -0.313 e. The lowest BCUT2D eigenvalue weighted by molar-refractivity contribution is 0.249. The van der Waals surface area contributed by atoms with Crippen LogP contribution in [-0.4, -0.2) is 53.1 Å². The SMILES string of the molecule is CCN(C1CNC1)S(=O)(=O)c1cc(S(C)(=O)=O)ccc1F. The molecule has 118 valence electrons. The lowest BCUT2D eigenvalue weighted by Crippen LogP contribution is -2.58. The first-order chi connectivity index (χ1) is 9.67. The summed E-state index contributed by atoms with van der Waals surface area (Å²) in [7, 11) is -7.68. The third-order valence-electron chi connectivity index (χ3n) is 3.40. The van der Waals surface area contributed by atoms with E-state index in [0.29, 0.717) is 13.1 Å². The molecule has 1 aromatic rings. The van der Waals surface area contributed by atoms with Crippen LogP contribution in [-0.2, 0) is 19.9 Å². The fraction of sp³-hybridized carbons (Fsp3) is 0.500. The van der Waals surface area contributed by atoms with Crippen molar-refractivity contribution in [2.45, 2.75) is 22.8 Å². The summed E-state index contributed by atoms with van der Waals surface area (Å²) in [6, 6.07) is 2.58. The highest BCUT2D eigenvalue weighted by Crippen LogP contribution is 2.25. The number of nitrogens with zero attached hydrogens (tertiary/aromatic N) is 1.